The second kappa shape index (κ2) is 6.29. The molecule has 1 atom stereocenters. The SMILES string of the molecule is NC(=O)c1cnn2c1CC(CNCc1csc(Br)c1)CC2. The van der Waals surface area contributed by atoms with Crippen LogP contribution < -0.4 is 11.1 Å². The van der Waals surface area contributed by atoms with Crippen molar-refractivity contribution in [3.8, 4) is 0 Å². The summed E-state index contributed by atoms with van der Waals surface area (Å²) >= 11 is 5.17. The van der Waals surface area contributed by atoms with Crippen molar-refractivity contribution >= 4 is 33.2 Å². The van der Waals surface area contributed by atoms with Crippen LogP contribution in [-0.2, 0) is 19.5 Å². The van der Waals surface area contributed by atoms with Gasteiger partial charge in [-0.2, -0.15) is 5.10 Å². The molecule has 3 N–H and O–H groups in total. The van der Waals surface area contributed by atoms with Crippen LogP contribution in [0.25, 0.3) is 0 Å². The monoisotopic (exact) mass is 368 g/mol. The molecular formula is C14H17BrN4OS. The normalized spacial score (nSPS) is 17.7. The van der Waals surface area contributed by atoms with Crippen LogP contribution in [0.3, 0.4) is 0 Å². The van der Waals surface area contributed by atoms with E-state index in [2.05, 4.69) is 37.8 Å². The number of aromatic nitrogens is 2. The van der Waals surface area contributed by atoms with Gasteiger partial charge < -0.3 is 11.1 Å². The van der Waals surface area contributed by atoms with E-state index in [4.69, 9.17) is 5.73 Å². The van der Waals surface area contributed by atoms with E-state index in [1.54, 1.807) is 17.5 Å². The van der Waals surface area contributed by atoms with Crippen LogP contribution >= 0.6 is 27.3 Å². The Morgan fingerprint density at radius 2 is 2.48 bits per heavy atom. The van der Waals surface area contributed by atoms with Gasteiger partial charge in [-0.05, 0) is 58.2 Å². The zero-order valence-electron chi connectivity index (χ0n) is 11.5. The van der Waals surface area contributed by atoms with Crippen molar-refractivity contribution < 1.29 is 4.79 Å². The number of fused-ring (bicyclic) bond motifs is 1. The Morgan fingerprint density at radius 3 is 3.19 bits per heavy atom. The summed E-state index contributed by atoms with van der Waals surface area (Å²) in [7, 11) is 0. The lowest BCUT2D eigenvalue weighted by Crippen LogP contribution is -2.30. The molecule has 0 aromatic carbocycles. The van der Waals surface area contributed by atoms with Gasteiger partial charge in [-0.3, -0.25) is 9.48 Å². The highest BCUT2D eigenvalue weighted by Gasteiger charge is 2.23. The third-order valence-corrected chi connectivity index (χ3v) is 5.38. The summed E-state index contributed by atoms with van der Waals surface area (Å²) in [5, 5.41) is 9.88. The molecule has 2 aromatic rings. The van der Waals surface area contributed by atoms with Crippen molar-refractivity contribution in [2.45, 2.75) is 25.9 Å². The predicted octanol–water partition coefficient (Wildman–Crippen LogP) is 2.16. The minimum Gasteiger partial charge on any atom is -0.365 e. The Labute approximate surface area is 135 Å². The van der Waals surface area contributed by atoms with E-state index < -0.39 is 0 Å². The lowest BCUT2D eigenvalue weighted by molar-refractivity contribution is 0.0998. The summed E-state index contributed by atoms with van der Waals surface area (Å²) in [5.41, 5.74) is 8.25. The number of nitrogens with two attached hydrogens (primary N) is 1. The second-order valence-electron chi connectivity index (χ2n) is 5.34. The largest absolute Gasteiger partial charge is 0.365 e. The molecule has 1 aliphatic rings. The number of carbonyl (C=O) groups is 1. The quantitative estimate of drug-likeness (QED) is 0.848. The van der Waals surface area contributed by atoms with Gasteiger partial charge in [0.1, 0.15) is 0 Å². The van der Waals surface area contributed by atoms with Gasteiger partial charge in [-0.15, -0.1) is 11.3 Å². The Hall–Kier alpha value is -1.18. The third kappa shape index (κ3) is 3.36. The summed E-state index contributed by atoms with van der Waals surface area (Å²) < 4.78 is 3.07. The van der Waals surface area contributed by atoms with E-state index in [1.165, 1.54) is 5.56 Å². The van der Waals surface area contributed by atoms with Crippen molar-refractivity contribution in [2.24, 2.45) is 11.7 Å². The lowest BCUT2D eigenvalue weighted by atomic mass is 9.94. The molecule has 3 heterocycles. The summed E-state index contributed by atoms with van der Waals surface area (Å²) in [6.07, 6.45) is 3.53. The first-order valence-electron chi connectivity index (χ1n) is 6.91. The number of carbonyl (C=O) groups excluding carboxylic acids is 1. The summed E-state index contributed by atoms with van der Waals surface area (Å²) in [6.45, 7) is 2.68. The molecule has 21 heavy (non-hydrogen) atoms. The van der Waals surface area contributed by atoms with E-state index >= 15 is 0 Å². The van der Waals surface area contributed by atoms with Gasteiger partial charge in [0.05, 0.1) is 21.2 Å². The molecule has 7 heteroatoms. The smallest absolute Gasteiger partial charge is 0.252 e. The number of nitrogens with one attached hydrogen (secondary N) is 1. The molecule has 1 aliphatic heterocycles. The van der Waals surface area contributed by atoms with Crippen LogP contribution in [0.2, 0.25) is 0 Å². The van der Waals surface area contributed by atoms with Gasteiger partial charge in [-0.1, -0.05) is 0 Å². The molecule has 1 amide bonds. The maximum Gasteiger partial charge on any atom is 0.252 e. The second-order valence-corrected chi connectivity index (χ2v) is 7.63. The summed E-state index contributed by atoms with van der Waals surface area (Å²) in [6, 6.07) is 2.14. The summed E-state index contributed by atoms with van der Waals surface area (Å²) in [5.74, 6) is 0.141. The molecule has 0 spiro atoms. The van der Waals surface area contributed by atoms with Crippen LogP contribution in [0.1, 0.15) is 28.0 Å². The van der Waals surface area contributed by atoms with Crippen molar-refractivity contribution in [1.29, 1.82) is 0 Å². The topological polar surface area (TPSA) is 72.9 Å². The van der Waals surface area contributed by atoms with Crippen molar-refractivity contribution in [1.82, 2.24) is 15.1 Å². The lowest BCUT2D eigenvalue weighted by Gasteiger charge is -2.24. The standard InChI is InChI=1S/C14H17BrN4OS/c15-13-4-10(8-21-13)6-17-5-9-1-2-19-12(3-9)11(7-18-19)14(16)20/h4,7-9,17H,1-3,5-6H2,(H2,16,20). The number of primary amides is 1. The van der Waals surface area contributed by atoms with Gasteiger partial charge in [0.2, 0.25) is 0 Å². The van der Waals surface area contributed by atoms with Crippen molar-refractivity contribution in [2.75, 3.05) is 6.54 Å². The van der Waals surface area contributed by atoms with Crippen LogP contribution in [0, 0.1) is 5.92 Å². The molecular weight excluding hydrogens is 352 g/mol. The highest BCUT2D eigenvalue weighted by molar-refractivity contribution is 9.11. The Bertz CT molecular complexity index is 651. The summed E-state index contributed by atoms with van der Waals surface area (Å²) in [4.78, 5) is 11.4. The Kier molecular flexibility index (Phi) is 4.42. The molecule has 3 rings (SSSR count). The van der Waals surface area contributed by atoms with Crippen molar-refractivity contribution in [3.05, 3.63) is 38.3 Å². The average Bonchev–Trinajstić information content (AvgIpc) is 3.04. The van der Waals surface area contributed by atoms with E-state index in [1.807, 2.05) is 4.68 Å². The van der Waals surface area contributed by atoms with Gasteiger partial charge in [-0.25, -0.2) is 0 Å². The highest BCUT2D eigenvalue weighted by Crippen LogP contribution is 2.23. The number of halogens is 1. The first-order valence-corrected chi connectivity index (χ1v) is 8.59. The number of rotatable bonds is 5. The maximum absolute atomic E-state index is 11.4. The number of thiophene rings is 1. The molecule has 0 aliphatic carbocycles. The molecule has 2 aromatic heterocycles. The van der Waals surface area contributed by atoms with Gasteiger partial charge >= 0.3 is 0 Å². The number of hydrogen-bond donors (Lipinski definition) is 2. The minimum atomic E-state index is -0.381. The third-order valence-electron chi connectivity index (χ3n) is 3.83. The Balaban J connectivity index is 1.56. The molecule has 112 valence electrons. The Morgan fingerprint density at radius 1 is 1.62 bits per heavy atom. The van der Waals surface area contributed by atoms with Crippen LogP contribution in [0.5, 0.6) is 0 Å². The highest BCUT2D eigenvalue weighted by atomic mass is 79.9. The van der Waals surface area contributed by atoms with Crippen molar-refractivity contribution in [3.63, 3.8) is 0 Å². The fourth-order valence-electron chi connectivity index (χ4n) is 2.74. The van der Waals surface area contributed by atoms with E-state index in [-0.39, 0.29) is 5.91 Å². The van der Waals surface area contributed by atoms with Crippen LogP contribution in [-0.4, -0.2) is 22.2 Å². The first-order chi connectivity index (χ1) is 10.1. The van der Waals surface area contributed by atoms with E-state index in [9.17, 15) is 4.79 Å². The van der Waals surface area contributed by atoms with Gasteiger partial charge in [0.25, 0.3) is 5.91 Å². The van der Waals surface area contributed by atoms with Crippen LogP contribution in [0.4, 0.5) is 0 Å². The van der Waals surface area contributed by atoms with E-state index in [0.717, 1.165) is 42.0 Å². The molecule has 0 radical (unpaired) electrons. The fourth-order valence-corrected chi connectivity index (χ4v) is 3.95. The molecule has 5 nitrogen and oxygen atoms in total. The number of aryl methyl sites for hydroxylation is 1. The predicted molar refractivity (Wildman–Crippen MR) is 86.3 cm³/mol. The first kappa shape index (κ1) is 14.7. The maximum atomic E-state index is 11.4. The minimum absolute atomic E-state index is 0.381. The average molecular weight is 369 g/mol. The molecule has 1 unspecified atom stereocenters. The zero-order valence-corrected chi connectivity index (χ0v) is 13.9. The molecule has 0 saturated carbocycles. The van der Waals surface area contributed by atoms with E-state index in [0.29, 0.717) is 11.5 Å². The number of hydrogen-bond acceptors (Lipinski definition) is 4. The number of nitrogens with zero attached hydrogens (tertiary/aromatic N) is 2. The fraction of sp³-hybridized carbons (Fsp3) is 0.429. The molecule has 0 fully saturated rings. The zero-order chi connectivity index (χ0) is 14.8. The van der Waals surface area contributed by atoms with Gasteiger partial charge in [0.15, 0.2) is 0 Å². The molecule has 0 saturated heterocycles. The van der Waals surface area contributed by atoms with Gasteiger partial charge in [0, 0.05) is 13.1 Å². The van der Waals surface area contributed by atoms with Crippen LogP contribution in [0.15, 0.2) is 21.4 Å². The number of amides is 1. The molecule has 0 bridgehead atoms.